The lowest BCUT2D eigenvalue weighted by Crippen LogP contribution is -2.43. The summed E-state index contributed by atoms with van der Waals surface area (Å²) in [6, 6.07) is 5.72. The zero-order valence-electron chi connectivity index (χ0n) is 18.1. The molecule has 1 N–H and O–H groups in total. The van der Waals surface area contributed by atoms with Crippen molar-refractivity contribution in [3.8, 4) is 5.75 Å². The first-order chi connectivity index (χ1) is 13.8. The van der Waals surface area contributed by atoms with Gasteiger partial charge in [-0.3, -0.25) is 0 Å². The van der Waals surface area contributed by atoms with Crippen LogP contribution >= 0.6 is 11.6 Å². The number of halogens is 1. The maximum atomic E-state index is 12.2. The summed E-state index contributed by atoms with van der Waals surface area (Å²) >= 11 is 6.17. The van der Waals surface area contributed by atoms with Gasteiger partial charge in [0.25, 0.3) is 0 Å². The molecule has 0 unspecified atom stereocenters. The highest BCUT2D eigenvalue weighted by Gasteiger charge is 2.26. The van der Waals surface area contributed by atoms with Gasteiger partial charge in [-0.2, -0.15) is 0 Å². The van der Waals surface area contributed by atoms with E-state index in [1.165, 1.54) is 0 Å². The molecule has 1 aromatic carbocycles. The molecule has 1 fully saturated rings. The van der Waals surface area contributed by atoms with Gasteiger partial charge in [-0.15, -0.1) is 0 Å². The molecule has 0 aliphatic carbocycles. The predicted molar refractivity (Wildman–Crippen MR) is 116 cm³/mol. The highest BCUT2D eigenvalue weighted by molar-refractivity contribution is 6.30. The van der Waals surface area contributed by atoms with E-state index in [1.807, 2.05) is 43.9 Å². The molecule has 0 spiro atoms. The molecule has 1 heterocycles. The summed E-state index contributed by atoms with van der Waals surface area (Å²) in [5, 5.41) is 4.23. The number of nitrogens with zero attached hydrogens (tertiary/aromatic N) is 1. The Labute approximate surface area is 179 Å². The van der Waals surface area contributed by atoms with Gasteiger partial charge in [0.15, 0.2) is 0 Å². The van der Waals surface area contributed by atoms with Crippen LogP contribution < -0.4 is 10.1 Å². The van der Waals surface area contributed by atoms with Crippen molar-refractivity contribution >= 4 is 17.7 Å². The molecule has 164 valence electrons. The van der Waals surface area contributed by atoms with Crippen LogP contribution in [0.25, 0.3) is 0 Å². The summed E-state index contributed by atoms with van der Waals surface area (Å²) in [7, 11) is 1.69. The van der Waals surface area contributed by atoms with Gasteiger partial charge < -0.3 is 24.4 Å². The molecule has 7 heteroatoms. The average molecular weight is 427 g/mol. The van der Waals surface area contributed by atoms with Gasteiger partial charge in [-0.1, -0.05) is 11.6 Å². The van der Waals surface area contributed by atoms with Crippen molar-refractivity contribution in [2.24, 2.45) is 5.92 Å². The summed E-state index contributed by atoms with van der Waals surface area (Å²) in [6.45, 7) is 10.1. The minimum absolute atomic E-state index is 0.210. The molecule has 0 aromatic heterocycles. The number of hydrogen-bond donors (Lipinski definition) is 1. The van der Waals surface area contributed by atoms with Crippen LogP contribution in [0.4, 0.5) is 4.79 Å². The molecule has 1 amide bonds. The smallest absolute Gasteiger partial charge is 0.410 e. The number of carbonyl (C=O) groups excluding carboxylic acids is 1. The van der Waals surface area contributed by atoms with Gasteiger partial charge in [0.2, 0.25) is 0 Å². The lowest BCUT2D eigenvalue weighted by atomic mass is 9.97. The molecule has 0 bridgehead atoms. The number of piperidine rings is 1. The summed E-state index contributed by atoms with van der Waals surface area (Å²) in [4.78, 5) is 14.0. The molecule has 0 saturated carbocycles. The number of methoxy groups -OCH3 is 1. The van der Waals surface area contributed by atoms with Crippen LogP contribution in [-0.4, -0.2) is 56.6 Å². The van der Waals surface area contributed by atoms with E-state index in [9.17, 15) is 4.79 Å². The van der Waals surface area contributed by atoms with Crippen molar-refractivity contribution in [3.63, 3.8) is 0 Å². The zero-order valence-corrected chi connectivity index (χ0v) is 18.9. The third-order valence-corrected chi connectivity index (χ3v) is 5.02. The second-order valence-electron chi connectivity index (χ2n) is 8.49. The first-order valence-corrected chi connectivity index (χ1v) is 10.7. The van der Waals surface area contributed by atoms with E-state index >= 15 is 0 Å². The number of benzene rings is 1. The van der Waals surface area contributed by atoms with E-state index in [2.05, 4.69) is 5.32 Å². The fourth-order valence-electron chi connectivity index (χ4n) is 3.27. The molecule has 29 heavy (non-hydrogen) atoms. The van der Waals surface area contributed by atoms with Gasteiger partial charge in [0.1, 0.15) is 11.4 Å². The van der Waals surface area contributed by atoms with Crippen LogP contribution in [0.3, 0.4) is 0 Å². The minimum atomic E-state index is -0.449. The van der Waals surface area contributed by atoms with E-state index in [0.717, 1.165) is 50.2 Å². The van der Waals surface area contributed by atoms with Crippen molar-refractivity contribution in [2.45, 2.75) is 52.2 Å². The van der Waals surface area contributed by atoms with Crippen LogP contribution in [0.1, 0.15) is 45.6 Å². The van der Waals surface area contributed by atoms with Gasteiger partial charge in [0, 0.05) is 50.4 Å². The molecule has 0 atom stereocenters. The topological polar surface area (TPSA) is 60.0 Å². The molecule has 0 radical (unpaired) electrons. The average Bonchev–Trinajstić information content (AvgIpc) is 2.66. The van der Waals surface area contributed by atoms with E-state index in [-0.39, 0.29) is 6.09 Å². The standard InChI is InChI=1S/C22H35ClN2O4/c1-22(2,3)29-21(26)25-10-8-17(9-11-25)15-24-16-18-14-19(23)6-7-20(18)28-13-5-12-27-4/h6-7,14,17,24H,5,8-13,15-16H2,1-4H3. The van der Waals surface area contributed by atoms with Crippen molar-refractivity contribution < 1.29 is 19.0 Å². The quantitative estimate of drug-likeness (QED) is 0.589. The van der Waals surface area contributed by atoms with E-state index in [0.29, 0.717) is 30.7 Å². The van der Waals surface area contributed by atoms with Crippen molar-refractivity contribution in [2.75, 3.05) is 40.0 Å². The number of rotatable bonds is 9. The second-order valence-corrected chi connectivity index (χ2v) is 8.92. The Hall–Kier alpha value is -1.50. The highest BCUT2D eigenvalue weighted by Crippen LogP contribution is 2.24. The zero-order chi connectivity index (χ0) is 21.3. The Morgan fingerprint density at radius 2 is 1.97 bits per heavy atom. The van der Waals surface area contributed by atoms with E-state index in [4.69, 9.17) is 25.8 Å². The molecule has 1 saturated heterocycles. The van der Waals surface area contributed by atoms with Crippen molar-refractivity contribution in [3.05, 3.63) is 28.8 Å². The number of likely N-dealkylation sites (tertiary alicyclic amines) is 1. The highest BCUT2D eigenvalue weighted by atomic mass is 35.5. The lowest BCUT2D eigenvalue weighted by Gasteiger charge is -2.33. The fraction of sp³-hybridized carbons (Fsp3) is 0.682. The Morgan fingerprint density at radius 1 is 1.24 bits per heavy atom. The third kappa shape index (κ3) is 8.81. The normalized spacial score (nSPS) is 15.4. The molecule has 1 aliphatic heterocycles. The molecular formula is C22H35ClN2O4. The predicted octanol–water partition coefficient (Wildman–Crippen LogP) is 4.49. The van der Waals surface area contributed by atoms with Crippen LogP contribution in [0.5, 0.6) is 5.75 Å². The summed E-state index contributed by atoms with van der Waals surface area (Å²) in [5.41, 5.74) is 0.608. The van der Waals surface area contributed by atoms with Crippen LogP contribution in [0.15, 0.2) is 18.2 Å². The number of ether oxygens (including phenoxy) is 3. The lowest BCUT2D eigenvalue weighted by molar-refractivity contribution is 0.0184. The Morgan fingerprint density at radius 3 is 2.62 bits per heavy atom. The number of nitrogens with one attached hydrogen (secondary N) is 1. The van der Waals surface area contributed by atoms with E-state index in [1.54, 1.807) is 7.11 Å². The summed E-state index contributed by atoms with van der Waals surface area (Å²) in [6.07, 6.45) is 2.59. The second kappa shape index (κ2) is 11.6. The molecular weight excluding hydrogens is 392 g/mol. The first kappa shape index (κ1) is 23.8. The largest absolute Gasteiger partial charge is 0.493 e. The summed E-state index contributed by atoms with van der Waals surface area (Å²) < 4.78 is 16.4. The van der Waals surface area contributed by atoms with Crippen LogP contribution in [0, 0.1) is 5.92 Å². The maximum Gasteiger partial charge on any atom is 0.410 e. The minimum Gasteiger partial charge on any atom is -0.493 e. The molecule has 1 aliphatic rings. The SMILES string of the molecule is COCCCOc1ccc(Cl)cc1CNCC1CCN(C(=O)OC(C)(C)C)CC1. The van der Waals surface area contributed by atoms with Crippen LogP contribution in [-0.2, 0) is 16.0 Å². The van der Waals surface area contributed by atoms with Gasteiger partial charge in [-0.25, -0.2) is 4.79 Å². The van der Waals surface area contributed by atoms with Gasteiger partial charge in [-0.05, 0) is 64.3 Å². The number of amides is 1. The van der Waals surface area contributed by atoms with Crippen molar-refractivity contribution in [1.82, 2.24) is 10.2 Å². The van der Waals surface area contributed by atoms with Gasteiger partial charge in [0.05, 0.1) is 6.61 Å². The Bertz CT molecular complexity index is 640. The van der Waals surface area contributed by atoms with Crippen molar-refractivity contribution in [1.29, 1.82) is 0 Å². The third-order valence-electron chi connectivity index (χ3n) is 4.79. The molecule has 6 nitrogen and oxygen atoms in total. The Kier molecular flexibility index (Phi) is 9.53. The Balaban J connectivity index is 1.75. The fourth-order valence-corrected chi connectivity index (χ4v) is 3.46. The summed E-state index contributed by atoms with van der Waals surface area (Å²) in [5.74, 6) is 1.40. The number of hydrogen-bond acceptors (Lipinski definition) is 5. The first-order valence-electron chi connectivity index (χ1n) is 10.4. The van der Waals surface area contributed by atoms with Gasteiger partial charge >= 0.3 is 6.09 Å². The molecule has 2 rings (SSSR count). The monoisotopic (exact) mass is 426 g/mol. The van der Waals surface area contributed by atoms with Crippen LogP contribution in [0.2, 0.25) is 5.02 Å². The maximum absolute atomic E-state index is 12.2. The number of carbonyl (C=O) groups is 1. The molecule has 1 aromatic rings. The van der Waals surface area contributed by atoms with E-state index < -0.39 is 5.60 Å².